The minimum Gasteiger partial charge on any atom is -0.415 e. The number of halogens is 1. The Balaban J connectivity index is 1.89. The maximum absolute atomic E-state index is 12.9. The number of thioether (sulfide) groups is 2. The second-order valence-electron chi connectivity index (χ2n) is 4.94. The summed E-state index contributed by atoms with van der Waals surface area (Å²) in [5.41, 5.74) is 0.844. The summed E-state index contributed by atoms with van der Waals surface area (Å²) in [5.74, 6) is 0.757. The fraction of sp³-hybridized carbons (Fsp3) is 0.400. The van der Waals surface area contributed by atoms with Crippen LogP contribution in [-0.4, -0.2) is 27.6 Å². The molecule has 0 fully saturated rings. The molecule has 0 saturated heterocycles. The molecule has 0 aliphatic rings. The third kappa shape index (κ3) is 5.24. The van der Waals surface area contributed by atoms with Crippen LogP contribution in [0.3, 0.4) is 0 Å². The van der Waals surface area contributed by atoms with Crippen molar-refractivity contribution in [3.05, 3.63) is 41.5 Å². The third-order valence-corrected chi connectivity index (χ3v) is 4.56. The molecular weight excluding hydrogens is 337 g/mol. The first kappa shape index (κ1) is 17.8. The Morgan fingerprint density at radius 2 is 2.00 bits per heavy atom. The zero-order valence-corrected chi connectivity index (χ0v) is 14.7. The van der Waals surface area contributed by atoms with Gasteiger partial charge in [0.05, 0.1) is 17.0 Å². The van der Waals surface area contributed by atoms with Crippen LogP contribution >= 0.6 is 23.5 Å². The van der Waals surface area contributed by atoms with E-state index in [1.807, 2.05) is 13.2 Å². The van der Waals surface area contributed by atoms with Crippen LogP contribution in [0.1, 0.15) is 31.3 Å². The Morgan fingerprint density at radius 1 is 1.30 bits per heavy atom. The van der Waals surface area contributed by atoms with E-state index in [1.54, 1.807) is 30.8 Å². The number of aromatic nitrogens is 2. The van der Waals surface area contributed by atoms with Gasteiger partial charge < -0.3 is 9.73 Å². The van der Waals surface area contributed by atoms with Gasteiger partial charge in [0.25, 0.3) is 5.22 Å². The van der Waals surface area contributed by atoms with E-state index >= 15 is 0 Å². The molecule has 2 rings (SSSR count). The van der Waals surface area contributed by atoms with Gasteiger partial charge in [-0.1, -0.05) is 23.9 Å². The van der Waals surface area contributed by atoms with Crippen LogP contribution < -0.4 is 5.32 Å². The fourth-order valence-electron chi connectivity index (χ4n) is 1.84. The van der Waals surface area contributed by atoms with Crippen molar-refractivity contribution in [1.82, 2.24) is 15.5 Å². The van der Waals surface area contributed by atoms with Gasteiger partial charge in [0.2, 0.25) is 11.8 Å². The summed E-state index contributed by atoms with van der Waals surface area (Å²) in [7, 11) is 0. The lowest BCUT2D eigenvalue weighted by atomic mass is 10.1. The van der Waals surface area contributed by atoms with Gasteiger partial charge in [0.1, 0.15) is 5.82 Å². The quantitative estimate of drug-likeness (QED) is 0.768. The monoisotopic (exact) mass is 355 g/mol. The first-order valence-electron chi connectivity index (χ1n) is 7.03. The van der Waals surface area contributed by atoms with Crippen molar-refractivity contribution < 1.29 is 13.6 Å². The molecule has 23 heavy (non-hydrogen) atoms. The summed E-state index contributed by atoms with van der Waals surface area (Å²) in [6.07, 6.45) is 1.95. The Bertz CT molecular complexity index is 648. The second kappa shape index (κ2) is 8.35. The molecule has 1 amide bonds. The van der Waals surface area contributed by atoms with Crippen molar-refractivity contribution in [2.24, 2.45) is 0 Å². The molecular formula is C15H18FN3O2S2. The third-order valence-electron chi connectivity index (χ3n) is 3.09. The number of rotatable bonds is 7. The van der Waals surface area contributed by atoms with Gasteiger partial charge in [-0.2, -0.15) is 11.8 Å². The van der Waals surface area contributed by atoms with Crippen molar-refractivity contribution in [1.29, 1.82) is 0 Å². The summed E-state index contributed by atoms with van der Waals surface area (Å²) >= 11 is 2.81. The lowest BCUT2D eigenvalue weighted by molar-refractivity contribution is -0.120. The second-order valence-corrected chi connectivity index (χ2v) is 7.09. The Morgan fingerprint density at radius 3 is 2.65 bits per heavy atom. The largest absolute Gasteiger partial charge is 0.415 e. The molecule has 2 atom stereocenters. The van der Waals surface area contributed by atoms with Crippen molar-refractivity contribution in [2.75, 3.05) is 6.26 Å². The molecule has 0 spiro atoms. The van der Waals surface area contributed by atoms with Crippen molar-refractivity contribution in [3.63, 3.8) is 0 Å². The highest BCUT2D eigenvalue weighted by atomic mass is 32.2. The van der Waals surface area contributed by atoms with Crippen LogP contribution in [0, 0.1) is 5.82 Å². The molecule has 124 valence electrons. The standard InChI is InChI=1S/C15H18FN3O2S2/c1-9(11-4-6-12(16)7-5-11)17-14(20)10(2)23-15-19-18-13(21-15)8-22-3/h4-7,9-10H,8H2,1-3H3,(H,17,20). The molecule has 0 radical (unpaired) electrons. The summed E-state index contributed by atoms with van der Waals surface area (Å²) < 4.78 is 18.4. The van der Waals surface area contributed by atoms with Crippen LogP contribution in [0.4, 0.5) is 4.39 Å². The minimum atomic E-state index is -0.375. The van der Waals surface area contributed by atoms with Gasteiger partial charge in [-0.25, -0.2) is 4.39 Å². The number of hydrogen-bond acceptors (Lipinski definition) is 6. The van der Waals surface area contributed by atoms with E-state index in [4.69, 9.17) is 4.42 Å². The molecule has 1 heterocycles. The van der Waals surface area contributed by atoms with Crippen LogP contribution in [0.2, 0.25) is 0 Å². The number of nitrogens with one attached hydrogen (secondary N) is 1. The number of nitrogens with zero attached hydrogens (tertiary/aromatic N) is 2. The molecule has 5 nitrogen and oxygen atoms in total. The van der Waals surface area contributed by atoms with Crippen LogP contribution in [0.5, 0.6) is 0 Å². The summed E-state index contributed by atoms with van der Waals surface area (Å²) in [5, 5.41) is 10.7. The van der Waals surface area contributed by atoms with Crippen LogP contribution in [0.25, 0.3) is 0 Å². The summed E-state index contributed by atoms with van der Waals surface area (Å²) in [6, 6.07) is 5.86. The normalized spacial score (nSPS) is 13.6. The zero-order valence-electron chi connectivity index (χ0n) is 13.1. The molecule has 1 N–H and O–H groups in total. The number of hydrogen-bond donors (Lipinski definition) is 1. The van der Waals surface area contributed by atoms with Crippen LogP contribution in [0.15, 0.2) is 33.9 Å². The summed E-state index contributed by atoms with van der Waals surface area (Å²) in [4.78, 5) is 12.2. The van der Waals surface area contributed by atoms with Gasteiger partial charge in [0, 0.05) is 0 Å². The van der Waals surface area contributed by atoms with E-state index in [2.05, 4.69) is 15.5 Å². The van der Waals surface area contributed by atoms with E-state index in [0.717, 1.165) is 5.56 Å². The molecule has 2 aromatic rings. The molecule has 8 heteroatoms. The highest BCUT2D eigenvalue weighted by Crippen LogP contribution is 2.23. The lowest BCUT2D eigenvalue weighted by Gasteiger charge is -2.16. The summed E-state index contributed by atoms with van der Waals surface area (Å²) in [6.45, 7) is 3.63. The number of benzene rings is 1. The van der Waals surface area contributed by atoms with Gasteiger partial charge >= 0.3 is 0 Å². The van der Waals surface area contributed by atoms with Crippen molar-refractivity contribution in [3.8, 4) is 0 Å². The Labute approximate surface area is 142 Å². The van der Waals surface area contributed by atoms with E-state index in [1.165, 1.54) is 23.9 Å². The molecule has 2 unspecified atom stereocenters. The van der Waals surface area contributed by atoms with Gasteiger partial charge in [-0.15, -0.1) is 10.2 Å². The van der Waals surface area contributed by atoms with E-state index < -0.39 is 0 Å². The number of carbonyl (C=O) groups is 1. The Kier molecular flexibility index (Phi) is 6.47. The van der Waals surface area contributed by atoms with E-state index in [-0.39, 0.29) is 23.0 Å². The predicted octanol–water partition coefficient (Wildman–Crippen LogP) is 3.43. The highest BCUT2D eigenvalue weighted by Gasteiger charge is 2.20. The van der Waals surface area contributed by atoms with E-state index in [9.17, 15) is 9.18 Å². The van der Waals surface area contributed by atoms with Crippen LogP contribution in [-0.2, 0) is 10.5 Å². The topological polar surface area (TPSA) is 68.0 Å². The lowest BCUT2D eigenvalue weighted by Crippen LogP contribution is -2.33. The molecule has 1 aromatic heterocycles. The average molecular weight is 355 g/mol. The zero-order chi connectivity index (χ0) is 16.8. The first-order valence-corrected chi connectivity index (χ1v) is 9.30. The molecule has 1 aromatic carbocycles. The van der Waals surface area contributed by atoms with Gasteiger partial charge in [0.15, 0.2) is 0 Å². The Hall–Kier alpha value is -1.54. The van der Waals surface area contributed by atoms with Gasteiger partial charge in [-0.05, 0) is 37.8 Å². The fourth-order valence-corrected chi connectivity index (χ4v) is 2.91. The average Bonchev–Trinajstić information content (AvgIpc) is 2.95. The molecule has 0 aliphatic carbocycles. The predicted molar refractivity (Wildman–Crippen MR) is 89.8 cm³/mol. The van der Waals surface area contributed by atoms with Crippen molar-refractivity contribution >= 4 is 29.4 Å². The maximum Gasteiger partial charge on any atom is 0.277 e. The molecule has 0 saturated carbocycles. The van der Waals surface area contributed by atoms with Crippen molar-refractivity contribution in [2.45, 2.75) is 36.1 Å². The SMILES string of the molecule is CSCc1nnc(SC(C)C(=O)NC(C)c2ccc(F)cc2)o1. The smallest absolute Gasteiger partial charge is 0.277 e. The van der Waals surface area contributed by atoms with Gasteiger partial charge in [-0.3, -0.25) is 4.79 Å². The highest BCUT2D eigenvalue weighted by molar-refractivity contribution is 8.00. The number of amides is 1. The molecule has 0 aliphatic heterocycles. The minimum absolute atomic E-state index is 0.142. The maximum atomic E-state index is 12.9. The first-order chi connectivity index (χ1) is 11.0. The molecule has 0 bridgehead atoms. The number of carbonyl (C=O) groups excluding carboxylic acids is 1. The van der Waals surface area contributed by atoms with E-state index in [0.29, 0.717) is 16.9 Å².